The number of rotatable bonds is 3. The molecule has 0 heterocycles. The predicted molar refractivity (Wildman–Crippen MR) is 126 cm³/mol. The summed E-state index contributed by atoms with van der Waals surface area (Å²) in [5.41, 5.74) is 2.27. The molecular formula is C28H39NO3. The van der Waals surface area contributed by atoms with Crippen molar-refractivity contribution >= 4 is 11.7 Å². The summed E-state index contributed by atoms with van der Waals surface area (Å²) in [5, 5.41) is 13.1. The highest BCUT2D eigenvalue weighted by Gasteiger charge is 2.60. The molecule has 5 rings (SSSR count). The number of fused-ring (bicyclic) bond motifs is 5. The van der Waals surface area contributed by atoms with E-state index >= 15 is 0 Å². The van der Waals surface area contributed by atoms with Crippen LogP contribution in [0.4, 0.5) is 0 Å². The van der Waals surface area contributed by atoms with E-state index in [1.54, 1.807) is 0 Å². The molecule has 1 N–H and O–H groups in total. The molecule has 0 aliphatic heterocycles. The van der Waals surface area contributed by atoms with E-state index < -0.39 is 0 Å². The van der Waals surface area contributed by atoms with Gasteiger partial charge in [0.25, 0.3) is 0 Å². The SMILES string of the molecule is CC(=NO)[C@H]1CC[C@H]2[C@@H]3CC[C@H]4C[C@H](OC(=O)c5ccccc5)CC[C@]4(C)[C@H]3CC[C@]12C. The Morgan fingerprint density at radius 3 is 2.44 bits per heavy atom. The van der Waals surface area contributed by atoms with E-state index in [0.717, 1.165) is 36.3 Å². The second-order valence-corrected chi connectivity index (χ2v) is 11.7. The van der Waals surface area contributed by atoms with Crippen LogP contribution in [0.3, 0.4) is 0 Å². The number of hydrogen-bond donors (Lipinski definition) is 1. The third kappa shape index (κ3) is 3.40. The summed E-state index contributed by atoms with van der Waals surface area (Å²) in [4.78, 5) is 12.6. The van der Waals surface area contributed by atoms with Gasteiger partial charge in [-0.25, -0.2) is 4.79 Å². The highest BCUT2D eigenvalue weighted by molar-refractivity contribution is 5.89. The molecule has 4 aliphatic rings. The maximum Gasteiger partial charge on any atom is 0.338 e. The van der Waals surface area contributed by atoms with Crippen molar-refractivity contribution in [2.24, 2.45) is 45.6 Å². The van der Waals surface area contributed by atoms with E-state index in [1.165, 1.54) is 44.9 Å². The Hall–Kier alpha value is -1.84. The van der Waals surface area contributed by atoms with Gasteiger partial charge in [0, 0.05) is 5.92 Å². The van der Waals surface area contributed by atoms with E-state index in [1.807, 2.05) is 37.3 Å². The first-order valence-electron chi connectivity index (χ1n) is 12.8. The van der Waals surface area contributed by atoms with Crippen LogP contribution in [0.2, 0.25) is 0 Å². The molecule has 1 aromatic rings. The van der Waals surface area contributed by atoms with Gasteiger partial charge in [0.1, 0.15) is 6.10 Å². The van der Waals surface area contributed by atoms with E-state index in [0.29, 0.717) is 28.2 Å². The van der Waals surface area contributed by atoms with Gasteiger partial charge in [0.05, 0.1) is 11.3 Å². The zero-order valence-electron chi connectivity index (χ0n) is 19.9. The molecule has 4 heteroatoms. The lowest BCUT2D eigenvalue weighted by Crippen LogP contribution is -2.54. The number of oxime groups is 1. The summed E-state index contributed by atoms with van der Waals surface area (Å²) < 4.78 is 5.97. The Bertz CT molecular complexity index is 882. The third-order valence-corrected chi connectivity index (χ3v) is 10.6. The van der Waals surface area contributed by atoms with Gasteiger partial charge >= 0.3 is 5.97 Å². The molecule has 4 fully saturated rings. The van der Waals surface area contributed by atoms with Crippen LogP contribution in [0, 0.1) is 40.4 Å². The summed E-state index contributed by atoms with van der Waals surface area (Å²) in [5.74, 6) is 3.28. The number of benzene rings is 1. The average Bonchev–Trinajstić information content (AvgIpc) is 3.16. The van der Waals surface area contributed by atoms with Crippen LogP contribution in [-0.4, -0.2) is 23.0 Å². The van der Waals surface area contributed by atoms with Crippen LogP contribution in [-0.2, 0) is 4.74 Å². The van der Waals surface area contributed by atoms with E-state index in [9.17, 15) is 10.0 Å². The number of esters is 1. The van der Waals surface area contributed by atoms with Crippen LogP contribution >= 0.6 is 0 Å². The van der Waals surface area contributed by atoms with Gasteiger partial charge in [-0.1, -0.05) is 37.2 Å². The topological polar surface area (TPSA) is 58.9 Å². The molecule has 32 heavy (non-hydrogen) atoms. The molecule has 0 spiro atoms. The van der Waals surface area contributed by atoms with Crippen LogP contribution in [0.15, 0.2) is 35.5 Å². The first-order chi connectivity index (χ1) is 15.4. The second-order valence-electron chi connectivity index (χ2n) is 11.7. The lowest BCUT2D eigenvalue weighted by Gasteiger charge is -2.61. The molecule has 4 saturated carbocycles. The molecule has 0 radical (unpaired) electrons. The minimum Gasteiger partial charge on any atom is -0.459 e. The summed E-state index contributed by atoms with van der Waals surface area (Å²) in [6, 6.07) is 9.42. The van der Waals surface area contributed by atoms with Gasteiger partial charge in [0.2, 0.25) is 0 Å². The van der Waals surface area contributed by atoms with Crippen molar-refractivity contribution in [1.29, 1.82) is 0 Å². The molecule has 0 unspecified atom stereocenters. The summed E-state index contributed by atoms with van der Waals surface area (Å²) in [6.07, 6.45) is 10.9. The highest BCUT2D eigenvalue weighted by Crippen LogP contribution is 2.67. The molecule has 8 atom stereocenters. The molecule has 0 saturated heterocycles. The Morgan fingerprint density at radius 2 is 1.69 bits per heavy atom. The fourth-order valence-electron chi connectivity index (χ4n) is 8.88. The predicted octanol–water partition coefficient (Wildman–Crippen LogP) is 6.72. The number of carbonyl (C=O) groups is 1. The van der Waals surface area contributed by atoms with Gasteiger partial charge in [-0.15, -0.1) is 0 Å². The molecule has 0 bridgehead atoms. The van der Waals surface area contributed by atoms with Crippen LogP contribution in [0.25, 0.3) is 0 Å². The van der Waals surface area contributed by atoms with Crippen molar-refractivity contribution in [2.75, 3.05) is 0 Å². The van der Waals surface area contributed by atoms with Crippen molar-refractivity contribution in [1.82, 2.24) is 0 Å². The second kappa shape index (κ2) is 8.18. The van der Waals surface area contributed by atoms with Crippen molar-refractivity contribution in [3.05, 3.63) is 35.9 Å². The maximum absolute atomic E-state index is 12.6. The van der Waals surface area contributed by atoms with E-state index in [4.69, 9.17) is 4.74 Å². The van der Waals surface area contributed by atoms with Gasteiger partial charge in [0.15, 0.2) is 0 Å². The minimum absolute atomic E-state index is 0.0606. The van der Waals surface area contributed by atoms with Crippen LogP contribution < -0.4 is 0 Å². The molecule has 4 aliphatic carbocycles. The van der Waals surface area contributed by atoms with Crippen LogP contribution in [0.5, 0.6) is 0 Å². The Kier molecular flexibility index (Phi) is 5.62. The zero-order valence-corrected chi connectivity index (χ0v) is 19.9. The highest BCUT2D eigenvalue weighted by atomic mass is 16.5. The first kappa shape index (κ1) is 22.0. The smallest absolute Gasteiger partial charge is 0.338 e. The third-order valence-electron chi connectivity index (χ3n) is 10.6. The van der Waals surface area contributed by atoms with Gasteiger partial charge in [-0.2, -0.15) is 0 Å². The quantitative estimate of drug-likeness (QED) is 0.247. The lowest BCUT2D eigenvalue weighted by atomic mass is 9.44. The average molecular weight is 438 g/mol. The van der Waals surface area contributed by atoms with E-state index in [2.05, 4.69) is 19.0 Å². The molecule has 174 valence electrons. The number of carbonyl (C=O) groups excluding carboxylic acids is 1. The number of hydrogen-bond acceptors (Lipinski definition) is 4. The maximum atomic E-state index is 12.6. The van der Waals surface area contributed by atoms with Gasteiger partial charge in [-0.05, 0) is 111 Å². The van der Waals surface area contributed by atoms with Crippen molar-refractivity contribution in [3.8, 4) is 0 Å². The Morgan fingerprint density at radius 1 is 0.969 bits per heavy atom. The molecule has 0 aromatic heterocycles. The van der Waals surface area contributed by atoms with Crippen LogP contribution in [0.1, 0.15) is 88.9 Å². The monoisotopic (exact) mass is 437 g/mol. The van der Waals surface area contributed by atoms with Crippen molar-refractivity contribution < 1.29 is 14.7 Å². The van der Waals surface area contributed by atoms with Crippen molar-refractivity contribution in [3.63, 3.8) is 0 Å². The summed E-state index contributed by atoms with van der Waals surface area (Å²) in [6.45, 7) is 7.05. The minimum atomic E-state index is -0.167. The summed E-state index contributed by atoms with van der Waals surface area (Å²) >= 11 is 0. The largest absolute Gasteiger partial charge is 0.459 e. The van der Waals surface area contributed by atoms with E-state index in [-0.39, 0.29) is 12.1 Å². The normalized spacial score (nSPS) is 43.7. The van der Waals surface area contributed by atoms with Gasteiger partial charge in [-0.3, -0.25) is 0 Å². The molecule has 1 aromatic carbocycles. The fourth-order valence-corrected chi connectivity index (χ4v) is 8.88. The number of ether oxygens (including phenoxy) is 1. The number of nitrogens with zero attached hydrogens (tertiary/aromatic N) is 1. The van der Waals surface area contributed by atoms with Crippen molar-refractivity contribution in [2.45, 2.75) is 84.7 Å². The molecule has 4 nitrogen and oxygen atoms in total. The molecule has 0 amide bonds. The lowest BCUT2D eigenvalue weighted by molar-refractivity contribution is -0.125. The zero-order chi connectivity index (χ0) is 22.5. The standard InChI is InChI=1S/C28H39NO3/c1-18(29-31)23-11-12-24-22-10-9-20-17-21(32-26(30)19-7-5-4-6-8-19)13-15-27(20,2)25(22)14-16-28(23,24)3/h4-8,20-25,31H,9-17H2,1-3H3/t20-,21+,22-,23+,24-,25-,27-,28+/m0/s1. The first-order valence-corrected chi connectivity index (χ1v) is 12.8. The Balaban J connectivity index is 1.28. The fraction of sp³-hybridized carbons (Fsp3) is 0.714. The van der Waals surface area contributed by atoms with Gasteiger partial charge < -0.3 is 9.94 Å². The molecular weight excluding hydrogens is 398 g/mol. The summed E-state index contributed by atoms with van der Waals surface area (Å²) in [7, 11) is 0. The Labute approximate surface area is 192 Å².